The van der Waals surface area contributed by atoms with Crippen molar-refractivity contribution in [3.63, 3.8) is 0 Å². The Bertz CT molecular complexity index is 19.2. The normalized spacial score (nSPS) is 6.00. The van der Waals surface area contributed by atoms with E-state index in [2.05, 4.69) is 6.92 Å². The van der Waals surface area contributed by atoms with E-state index in [4.69, 9.17) is 5.11 Å². The largest absolute Gasteiger partial charge is 1.00 e. The van der Waals surface area contributed by atoms with E-state index in [1.165, 1.54) is 0 Å². The molecule has 0 unspecified atom stereocenters. The maximum atomic E-state index is 8.03. The Kier molecular flexibility index (Phi) is 35.5. The number of hydrogen-bond acceptors (Lipinski definition) is 1. The van der Waals surface area contributed by atoms with Gasteiger partial charge in [-0.05, 0) is 6.42 Å². The first-order valence-corrected chi connectivity index (χ1v) is 1.82. The summed E-state index contributed by atoms with van der Waals surface area (Å²) < 4.78 is 0. The van der Waals surface area contributed by atoms with E-state index < -0.39 is 0 Å². The van der Waals surface area contributed by atoms with Crippen molar-refractivity contribution in [1.29, 1.82) is 0 Å². The maximum absolute atomic E-state index is 8.03. The van der Waals surface area contributed by atoms with Crippen molar-refractivity contribution in [1.82, 2.24) is 0 Å². The van der Waals surface area contributed by atoms with Crippen LogP contribution in [0.2, 0.25) is 0 Å². The number of aliphatic hydroxyl groups is 1. The van der Waals surface area contributed by atoms with E-state index in [-0.39, 0.29) is 60.1 Å². The molecule has 0 saturated carbocycles. The van der Waals surface area contributed by atoms with Crippen LogP contribution >= 0.6 is 0 Å². The molecule has 0 spiro atoms. The Morgan fingerprint density at radius 3 is 1.86 bits per heavy atom. The fraction of sp³-hybridized carbons (Fsp3) is 0.750. The van der Waals surface area contributed by atoms with Gasteiger partial charge in [0.1, 0.15) is 0 Å². The summed E-state index contributed by atoms with van der Waals surface area (Å²) in [4.78, 5) is 0. The van der Waals surface area contributed by atoms with Crippen LogP contribution in [0.1, 0.15) is 12.8 Å². The summed E-state index contributed by atoms with van der Waals surface area (Å²) in [5, 5.41) is 8.03. The first-order valence-electron chi connectivity index (χ1n) is 1.82. The summed E-state index contributed by atoms with van der Waals surface area (Å²) in [7, 11) is 0. The topological polar surface area (TPSA) is 20.2 Å². The number of aliphatic hydroxyl groups excluding tert-OH is 1. The fourth-order valence-corrected chi connectivity index (χ4v) is 0.112. The van der Waals surface area contributed by atoms with Gasteiger partial charge in [-0.3, -0.25) is 0 Å². The first kappa shape index (κ1) is 15.9. The molecule has 0 atom stereocenters. The minimum Gasteiger partial charge on any atom is -1.00 e. The fourth-order valence-electron chi connectivity index (χ4n) is 0.112. The van der Waals surface area contributed by atoms with Crippen molar-refractivity contribution in [3.05, 3.63) is 6.92 Å². The maximum Gasteiger partial charge on any atom is 1.00 e. The van der Waals surface area contributed by atoms with Gasteiger partial charge in [0.2, 0.25) is 0 Å². The van der Waals surface area contributed by atoms with Crippen LogP contribution in [-0.4, -0.2) is 11.7 Å². The van der Waals surface area contributed by atoms with Crippen molar-refractivity contribution >= 4 is 0 Å². The van der Waals surface area contributed by atoms with Crippen LogP contribution in [0.4, 0.5) is 0 Å². The minimum atomic E-state index is 0. The molecule has 0 saturated heterocycles. The summed E-state index contributed by atoms with van der Waals surface area (Å²) in [5.41, 5.74) is 0. The second-order valence-corrected chi connectivity index (χ2v) is 0.931. The molecule has 0 bridgehead atoms. The second-order valence-electron chi connectivity index (χ2n) is 0.931. The van der Waals surface area contributed by atoms with Gasteiger partial charge >= 0.3 is 29.6 Å². The number of unbranched alkanes of at least 4 members (excludes halogenated alkanes) is 1. The van der Waals surface area contributed by atoms with Crippen LogP contribution in [0.15, 0.2) is 0 Å². The number of halogens is 1. The molecule has 0 aromatic rings. The molecule has 0 aromatic heterocycles. The summed E-state index contributed by atoms with van der Waals surface area (Å²) >= 11 is 0. The molecular formula is C4H9INaO. The zero-order chi connectivity index (χ0) is 4.12. The van der Waals surface area contributed by atoms with Gasteiger partial charge in [0, 0.05) is 6.61 Å². The average molecular weight is 223 g/mol. The predicted octanol–water partition coefficient (Wildman–Crippen LogP) is -5.40. The number of hydrogen-bond donors (Lipinski definition) is 1. The van der Waals surface area contributed by atoms with E-state index in [0.29, 0.717) is 0 Å². The second kappa shape index (κ2) is 15.6. The summed E-state index contributed by atoms with van der Waals surface area (Å²) in [6, 6.07) is 0. The molecule has 0 rings (SSSR count). The molecule has 0 aliphatic heterocycles. The molecule has 3 heteroatoms. The third-order valence-corrected chi connectivity index (χ3v) is 0.408. The number of rotatable bonds is 2. The zero-order valence-corrected chi connectivity index (χ0v) is 8.81. The third-order valence-electron chi connectivity index (χ3n) is 0.408. The molecule has 0 aliphatic rings. The van der Waals surface area contributed by atoms with Crippen molar-refractivity contribution in [2.75, 3.05) is 6.61 Å². The molecule has 39 valence electrons. The van der Waals surface area contributed by atoms with Gasteiger partial charge in [-0.25, -0.2) is 0 Å². The first-order chi connectivity index (χ1) is 2.41. The Morgan fingerprint density at radius 2 is 1.86 bits per heavy atom. The molecule has 0 heterocycles. The Labute approximate surface area is 84.2 Å². The molecule has 0 fully saturated rings. The van der Waals surface area contributed by atoms with Crippen molar-refractivity contribution in [2.24, 2.45) is 0 Å². The van der Waals surface area contributed by atoms with Crippen LogP contribution in [-0.2, 0) is 0 Å². The molecular weight excluding hydrogens is 214 g/mol. The summed E-state index contributed by atoms with van der Waals surface area (Å²) in [6.45, 7) is 3.80. The SMILES string of the molecule is [CH2]CCCO.[I-].[Na+]. The van der Waals surface area contributed by atoms with Crippen LogP contribution in [0, 0.1) is 6.92 Å². The zero-order valence-electron chi connectivity index (χ0n) is 4.65. The quantitative estimate of drug-likeness (QED) is 0.366. The van der Waals surface area contributed by atoms with Gasteiger partial charge in [0.15, 0.2) is 0 Å². The summed E-state index contributed by atoms with van der Waals surface area (Å²) in [5.74, 6) is 0. The van der Waals surface area contributed by atoms with Gasteiger partial charge in [-0.15, -0.1) is 0 Å². The molecule has 0 aliphatic carbocycles. The third kappa shape index (κ3) is 18.3. The minimum absolute atomic E-state index is 0. The van der Waals surface area contributed by atoms with Gasteiger partial charge in [0.25, 0.3) is 0 Å². The Morgan fingerprint density at radius 1 is 1.43 bits per heavy atom. The van der Waals surface area contributed by atoms with E-state index in [0.717, 1.165) is 12.8 Å². The standard InChI is InChI=1S/C4H9O.HI.Na/c1-2-3-4-5;;/h5H,1-4H2;1H;/q;;+1/p-1. The molecule has 1 nitrogen and oxygen atoms in total. The monoisotopic (exact) mass is 223 g/mol. The smallest absolute Gasteiger partial charge is 1.00 e. The van der Waals surface area contributed by atoms with Crippen LogP contribution in [0.3, 0.4) is 0 Å². The van der Waals surface area contributed by atoms with E-state index in [1.807, 2.05) is 0 Å². The van der Waals surface area contributed by atoms with E-state index in [1.54, 1.807) is 0 Å². The Balaban J connectivity index is -0.0000000800. The molecule has 1 N–H and O–H groups in total. The van der Waals surface area contributed by atoms with E-state index in [9.17, 15) is 0 Å². The predicted molar refractivity (Wildman–Crippen MR) is 21.7 cm³/mol. The van der Waals surface area contributed by atoms with Crippen molar-refractivity contribution < 1.29 is 58.6 Å². The van der Waals surface area contributed by atoms with Crippen molar-refractivity contribution in [3.8, 4) is 0 Å². The van der Waals surface area contributed by atoms with E-state index >= 15 is 0 Å². The Hall–Kier alpha value is 1.69. The van der Waals surface area contributed by atoms with Crippen molar-refractivity contribution in [2.45, 2.75) is 12.8 Å². The van der Waals surface area contributed by atoms with Crippen LogP contribution in [0.25, 0.3) is 0 Å². The van der Waals surface area contributed by atoms with Gasteiger partial charge in [-0.1, -0.05) is 13.3 Å². The van der Waals surface area contributed by atoms with Gasteiger partial charge in [-0.2, -0.15) is 0 Å². The van der Waals surface area contributed by atoms with Gasteiger partial charge < -0.3 is 29.1 Å². The van der Waals surface area contributed by atoms with Gasteiger partial charge in [0.05, 0.1) is 0 Å². The van der Waals surface area contributed by atoms with Crippen LogP contribution in [0.5, 0.6) is 0 Å². The summed E-state index contributed by atoms with van der Waals surface area (Å²) in [6.07, 6.45) is 1.68. The average Bonchev–Trinajstić information content (AvgIpc) is 1.41. The van der Waals surface area contributed by atoms with Crippen LogP contribution < -0.4 is 53.5 Å². The molecule has 7 heavy (non-hydrogen) atoms. The molecule has 0 amide bonds. The molecule has 1 radical (unpaired) electrons. The molecule has 0 aromatic carbocycles.